The fourth-order valence-corrected chi connectivity index (χ4v) is 4.90. The van der Waals surface area contributed by atoms with E-state index in [1.165, 1.54) is 29.6 Å². The fourth-order valence-electron chi connectivity index (χ4n) is 3.47. The molecule has 2 N–H and O–H groups in total. The molecule has 0 radical (unpaired) electrons. The normalized spacial score (nSPS) is 16.5. The molecule has 1 aliphatic carbocycles. The molecule has 2 fully saturated rings. The first-order valence-corrected chi connectivity index (χ1v) is 12.4. The lowest BCUT2D eigenvalue weighted by atomic mass is 10.3. The number of anilines is 2. The summed E-state index contributed by atoms with van der Waals surface area (Å²) in [6.45, 7) is 0.890. The molecule has 1 aliphatic heterocycles. The van der Waals surface area contributed by atoms with Crippen LogP contribution in [0.5, 0.6) is 11.5 Å². The lowest BCUT2D eigenvalue weighted by Gasteiger charge is -2.26. The van der Waals surface area contributed by atoms with Gasteiger partial charge in [-0.3, -0.25) is 9.59 Å². The molecule has 4 rings (SSSR count). The Kier molecular flexibility index (Phi) is 7.35. The van der Waals surface area contributed by atoms with Crippen LogP contribution in [-0.2, 0) is 24.3 Å². The largest absolute Gasteiger partial charge is 0.495 e. The highest BCUT2D eigenvalue weighted by Crippen LogP contribution is 2.31. The first kappa shape index (κ1) is 24.0. The van der Waals surface area contributed by atoms with Crippen molar-refractivity contribution in [2.75, 3.05) is 50.7 Å². The number of hydrogen-bond donors (Lipinski definition) is 2. The first-order valence-electron chi connectivity index (χ1n) is 11.0. The first-order chi connectivity index (χ1) is 16.4. The molecule has 1 saturated carbocycles. The second kappa shape index (κ2) is 10.4. The Hall–Kier alpha value is -3.15. The Morgan fingerprint density at radius 3 is 2.56 bits per heavy atom. The molecule has 0 atom stereocenters. The molecule has 182 valence electrons. The van der Waals surface area contributed by atoms with Crippen LogP contribution in [0.25, 0.3) is 0 Å². The van der Waals surface area contributed by atoms with Gasteiger partial charge in [0.25, 0.3) is 5.91 Å². The minimum Gasteiger partial charge on any atom is -0.495 e. The highest BCUT2D eigenvalue weighted by Gasteiger charge is 2.29. The predicted octanol–water partition coefficient (Wildman–Crippen LogP) is 2.08. The van der Waals surface area contributed by atoms with Crippen LogP contribution in [0.2, 0.25) is 0 Å². The van der Waals surface area contributed by atoms with E-state index >= 15 is 0 Å². The van der Waals surface area contributed by atoms with E-state index in [1.54, 1.807) is 24.3 Å². The smallest absolute Gasteiger partial charge is 0.262 e. The van der Waals surface area contributed by atoms with Gasteiger partial charge in [-0.05, 0) is 43.2 Å². The van der Waals surface area contributed by atoms with Crippen molar-refractivity contribution in [3.63, 3.8) is 0 Å². The predicted molar refractivity (Wildman–Crippen MR) is 124 cm³/mol. The number of carbonyl (C=O) groups excluding carboxylic acids is 2. The monoisotopic (exact) mass is 489 g/mol. The molecule has 2 amide bonds. The summed E-state index contributed by atoms with van der Waals surface area (Å²) in [5, 5.41) is 5.48. The van der Waals surface area contributed by atoms with Gasteiger partial charge in [0.2, 0.25) is 15.9 Å². The zero-order chi connectivity index (χ0) is 24.1. The maximum absolute atomic E-state index is 13.0. The van der Waals surface area contributed by atoms with Crippen LogP contribution in [0, 0.1) is 5.92 Å². The van der Waals surface area contributed by atoms with E-state index in [4.69, 9.17) is 14.2 Å². The number of morpholine rings is 1. The summed E-state index contributed by atoms with van der Waals surface area (Å²) in [5.41, 5.74) is 0.813. The third-order valence-electron chi connectivity index (χ3n) is 5.47. The van der Waals surface area contributed by atoms with Crippen LogP contribution in [0.15, 0.2) is 47.4 Å². The number of nitrogens with one attached hydrogen (secondary N) is 2. The van der Waals surface area contributed by atoms with Gasteiger partial charge in [-0.1, -0.05) is 6.07 Å². The van der Waals surface area contributed by atoms with Crippen molar-refractivity contribution in [3.8, 4) is 11.5 Å². The van der Waals surface area contributed by atoms with Crippen LogP contribution in [0.1, 0.15) is 12.8 Å². The minimum atomic E-state index is -3.74. The molecule has 10 nitrogen and oxygen atoms in total. The Bertz CT molecular complexity index is 1160. The van der Waals surface area contributed by atoms with E-state index in [0.29, 0.717) is 30.4 Å². The molecule has 11 heteroatoms. The zero-order valence-corrected chi connectivity index (χ0v) is 19.6. The third kappa shape index (κ3) is 5.85. The summed E-state index contributed by atoms with van der Waals surface area (Å²) < 4.78 is 43.3. The van der Waals surface area contributed by atoms with E-state index in [2.05, 4.69) is 10.6 Å². The second-order valence-electron chi connectivity index (χ2n) is 8.01. The molecular formula is C23H27N3O7S. The highest BCUT2D eigenvalue weighted by molar-refractivity contribution is 7.89. The number of carbonyl (C=O) groups is 2. The van der Waals surface area contributed by atoms with Crippen LogP contribution < -0.4 is 20.1 Å². The summed E-state index contributed by atoms with van der Waals surface area (Å²) >= 11 is 0. The quantitative estimate of drug-likeness (QED) is 0.553. The molecule has 2 aliphatic rings. The van der Waals surface area contributed by atoms with Crippen LogP contribution in [0.3, 0.4) is 0 Å². The van der Waals surface area contributed by atoms with E-state index in [-0.39, 0.29) is 42.1 Å². The van der Waals surface area contributed by atoms with E-state index in [9.17, 15) is 18.0 Å². The lowest BCUT2D eigenvalue weighted by molar-refractivity contribution is -0.118. The topological polar surface area (TPSA) is 123 Å². The second-order valence-corrected chi connectivity index (χ2v) is 9.94. The Labute approximate surface area is 198 Å². The number of ether oxygens (including phenoxy) is 3. The van der Waals surface area contributed by atoms with Crippen molar-refractivity contribution < 1.29 is 32.2 Å². The molecule has 1 heterocycles. The highest BCUT2D eigenvalue weighted by atomic mass is 32.2. The molecule has 0 aromatic heterocycles. The van der Waals surface area contributed by atoms with Gasteiger partial charge in [0, 0.05) is 30.8 Å². The van der Waals surface area contributed by atoms with Crippen molar-refractivity contribution in [3.05, 3.63) is 42.5 Å². The number of hydrogen-bond acceptors (Lipinski definition) is 7. The number of benzene rings is 2. The Balaban J connectivity index is 1.40. The average Bonchev–Trinajstić information content (AvgIpc) is 3.69. The van der Waals surface area contributed by atoms with E-state index in [0.717, 1.165) is 12.8 Å². The van der Waals surface area contributed by atoms with Gasteiger partial charge in [0.05, 0.1) is 30.9 Å². The maximum Gasteiger partial charge on any atom is 0.262 e. The Morgan fingerprint density at radius 2 is 1.85 bits per heavy atom. The molecule has 1 saturated heterocycles. The van der Waals surface area contributed by atoms with Crippen molar-refractivity contribution in [2.45, 2.75) is 17.7 Å². The fraction of sp³-hybridized carbons (Fsp3) is 0.391. The van der Waals surface area contributed by atoms with Crippen LogP contribution in [0.4, 0.5) is 11.4 Å². The number of rotatable bonds is 9. The number of methoxy groups -OCH3 is 1. The zero-order valence-electron chi connectivity index (χ0n) is 18.8. The molecule has 0 spiro atoms. The van der Waals surface area contributed by atoms with E-state index < -0.39 is 15.9 Å². The van der Waals surface area contributed by atoms with Gasteiger partial charge in [-0.25, -0.2) is 8.42 Å². The molecule has 2 aromatic rings. The lowest BCUT2D eigenvalue weighted by Crippen LogP contribution is -2.40. The van der Waals surface area contributed by atoms with Crippen LogP contribution in [-0.4, -0.2) is 64.6 Å². The summed E-state index contributed by atoms with van der Waals surface area (Å²) in [4.78, 5) is 24.5. The third-order valence-corrected chi connectivity index (χ3v) is 7.37. The van der Waals surface area contributed by atoms with Crippen molar-refractivity contribution in [2.24, 2.45) is 5.92 Å². The number of amides is 2. The molecule has 34 heavy (non-hydrogen) atoms. The van der Waals surface area contributed by atoms with Crippen molar-refractivity contribution in [1.29, 1.82) is 0 Å². The summed E-state index contributed by atoms with van der Waals surface area (Å²) in [6, 6.07) is 11.1. The summed E-state index contributed by atoms with van der Waals surface area (Å²) in [6.07, 6.45) is 1.81. The van der Waals surface area contributed by atoms with Crippen LogP contribution >= 0.6 is 0 Å². The van der Waals surface area contributed by atoms with Gasteiger partial charge in [0.15, 0.2) is 6.61 Å². The van der Waals surface area contributed by atoms with Gasteiger partial charge >= 0.3 is 0 Å². The molecule has 0 bridgehead atoms. The van der Waals surface area contributed by atoms with Gasteiger partial charge < -0.3 is 24.8 Å². The van der Waals surface area contributed by atoms with Gasteiger partial charge in [0.1, 0.15) is 11.5 Å². The Morgan fingerprint density at radius 1 is 1.09 bits per heavy atom. The number of sulfonamides is 1. The molecule has 2 aromatic carbocycles. The molecule has 0 unspecified atom stereocenters. The van der Waals surface area contributed by atoms with Gasteiger partial charge in [-0.2, -0.15) is 4.31 Å². The summed E-state index contributed by atoms with van der Waals surface area (Å²) in [7, 11) is -2.31. The maximum atomic E-state index is 13.0. The summed E-state index contributed by atoms with van der Waals surface area (Å²) in [5.74, 6) is 0.298. The average molecular weight is 490 g/mol. The number of nitrogens with zero attached hydrogens (tertiary/aromatic N) is 1. The molecular weight excluding hydrogens is 462 g/mol. The standard InChI is InChI=1S/C23H27N3O7S/c1-31-21-8-7-19(34(29,30)26-9-11-32-12-10-26)14-20(21)25-22(27)15-33-18-4-2-3-17(13-18)24-23(28)16-5-6-16/h2-4,7-8,13-14,16H,5-6,9-12,15H2,1H3,(H,24,28)(H,25,27). The van der Waals surface area contributed by atoms with Crippen molar-refractivity contribution in [1.82, 2.24) is 4.31 Å². The van der Waals surface area contributed by atoms with Gasteiger partial charge in [-0.15, -0.1) is 0 Å². The minimum absolute atomic E-state index is 0.0195. The SMILES string of the molecule is COc1ccc(S(=O)(=O)N2CCOCC2)cc1NC(=O)COc1cccc(NC(=O)C2CC2)c1. The van der Waals surface area contributed by atoms with Crippen molar-refractivity contribution >= 4 is 33.2 Å². The van der Waals surface area contributed by atoms with E-state index in [1.807, 2.05) is 0 Å².